The number of benzene rings is 5. The van der Waals surface area contributed by atoms with Gasteiger partial charge >= 0.3 is 24.5 Å². The number of ether oxygens (including phenoxy) is 2. The van der Waals surface area contributed by atoms with Gasteiger partial charge in [-0.25, -0.2) is 45.4 Å². The van der Waals surface area contributed by atoms with Crippen LogP contribution in [-0.2, 0) is 48.0 Å². The van der Waals surface area contributed by atoms with Crippen LogP contribution in [-0.4, -0.2) is 120 Å². The molecule has 0 radical (unpaired) electrons. The number of rotatable bonds is 12. The van der Waals surface area contributed by atoms with Crippen molar-refractivity contribution in [2.75, 3.05) is 84.4 Å². The Hall–Kier alpha value is -8.56. The first-order valence-corrected chi connectivity index (χ1v) is 32.5. The average Bonchev–Trinajstić information content (AvgIpc) is 0.787. The first-order chi connectivity index (χ1) is 44.1. The van der Waals surface area contributed by atoms with Crippen molar-refractivity contribution in [2.24, 2.45) is 5.73 Å². The van der Waals surface area contributed by atoms with E-state index in [2.05, 4.69) is 29.7 Å². The van der Waals surface area contributed by atoms with Crippen molar-refractivity contribution in [1.29, 1.82) is 0 Å². The minimum Gasteiger partial charge on any atom is -0.478 e. The van der Waals surface area contributed by atoms with Gasteiger partial charge in [0.15, 0.2) is 5.78 Å². The molecule has 10 rings (SSSR count). The second-order valence-corrected chi connectivity index (χ2v) is 25.8. The number of nitrogens with zero attached hydrogens (tertiary/aromatic N) is 5. The molecule has 3 aromatic heterocycles. The Labute approximate surface area is 541 Å². The monoisotopic (exact) mass is 1400 g/mol. The molecule has 0 unspecified atom stereocenters. The maximum absolute atomic E-state index is 14.8. The first kappa shape index (κ1) is 73.8. The van der Waals surface area contributed by atoms with Crippen molar-refractivity contribution in [2.45, 2.75) is 65.2 Å². The van der Waals surface area contributed by atoms with Crippen LogP contribution < -0.4 is 30.3 Å². The third-order valence-electron chi connectivity index (χ3n) is 14.4. The van der Waals surface area contributed by atoms with Gasteiger partial charge in [0, 0.05) is 82.0 Å². The highest BCUT2D eigenvalue weighted by Gasteiger charge is 2.37. The van der Waals surface area contributed by atoms with Crippen LogP contribution in [0.4, 0.5) is 71.0 Å². The molecule has 2 saturated heterocycles. The number of alkyl halides is 9. The molecule has 510 valence electrons. The van der Waals surface area contributed by atoms with E-state index in [1.807, 2.05) is 0 Å². The Kier molecular flexibility index (Phi) is 23.0. The fraction of sp³-hybridized carbons (Fsp3) is 0.323. The number of nitrogens with two attached hydrogens (primary N) is 1. The Morgan fingerprint density at radius 2 is 0.937 bits per heavy atom. The van der Waals surface area contributed by atoms with E-state index in [9.17, 15) is 79.5 Å². The maximum atomic E-state index is 14.8. The fourth-order valence-corrected chi connectivity index (χ4v) is 11.2. The number of aromatic carboxylic acids is 1. The fourth-order valence-electron chi connectivity index (χ4n) is 9.73. The number of ketones is 1. The van der Waals surface area contributed by atoms with Gasteiger partial charge in [-0.05, 0) is 143 Å². The summed E-state index contributed by atoms with van der Waals surface area (Å²) < 4.78 is 206. The van der Waals surface area contributed by atoms with Crippen molar-refractivity contribution >= 4 is 105 Å². The number of morpholine rings is 2. The minimum atomic E-state index is -4.64. The molecule has 0 spiro atoms. The molecule has 1 amide bonds. The number of carboxylic acids is 1. The van der Waals surface area contributed by atoms with Crippen LogP contribution in [0.1, 0.15) is 103 Å². The number of hydrogen-bond acceptors (Lipinski definition) is 15. The second kappa shape index (κ2) is 29.6. The van der Waals surface area contributed by atoms with Crippen molar-refractivity contribution in [3.63, 3.8) is 0 Å². The lowest BCUT2D eigenvalue weighted by Crippen LogP contribution is -2.36. The van der Waals surface area contributed by atoms with E-state index in [0.29, 0.717) is 102 Å². The number of fused-ring (bicyclic) bond motifs is 3. The van der Waals surface area contributed by atoms with E-state index < -0.39 is 91.3 Å². The number of aryl methyl sites for hydroxylation is 2. The third-order valence-corrected chi connectivity index (χ3v) is 15.9. The topological polar surface area (TPSA) is 265 Å². The molecule has 19 nitrogen and oxygen atoms in total. The third kappa shape index (κ3) is 19.5. The Morgan fingerprint density at radius 3 is 1.34 bits per heavy atom. The summed E-state index contributed by atoms with van der Waals surface area (Å²) in [5.41, 5.74) is 5.93. The van der Waals surface area contributed by atoms with Crippen molar-refractivity contribution in [3.05, 3.63) is 170 Å². The molecular weight excluding hydrogens is 1340 g/mol. The number of amides is 1. The molecule has 5 heterocycles. The number of anilines is 4. The largest absolute Gasteiger partial charge is 0.478 e. The molecular formula is C62H61ClF11N9O10S2. The number of carboxylic acid groups (broad SMARTS) is 1. The van der Waals surface area contributed by atoms with Crippen LogP contribution in [0.25, 0.3) is 32.7 Å². The zero-order chi connectivity index (χ0) is 70.4. The molecule has 33 heteroatoms. The quantitative estimate of drug-likeness (QED) is 0.0562. The van der Waals surface area contributed by atoms with Gasteiger partial charge in [-0.15, -0.1) is 0 Å². The summed E-state index contributed by atoms with van der Waals surface area (Å²) in [4.78, 5) is 49.8. The number of halogens is 12. The Morgan fingerprint density at radius 1 is 0.568 bits per heavy atom. The lowest BCUT2D eigenvalue weighted by Gasteiger charge is -2.30. The van der Waals surface area contributed by atoms with Crippen molar-refractivity contribution in [1.82, 2.24) is 20.3 Å². The van der Waals surface area contributed by atoms with Crippen LogP contribution >= 0.6 is 11.6 Å². The lowest BCUT2D eigenvalue weighted by molar-refractivity contribution is -0.141. The second-order valence-electron chi connectivity index (χ2n) is 21.9. The number of pyridine rings is 3. The molecule has 0 bridgehead atoms. The highest BCUT2D eigenvalue weighted by atomic mass is 35.5. The molecule has 2 fully saturated rings. The van der Waals surface area contributed by atoms with Gasteiger partial charge in [0.25, 0.3) is 5.91 Å². The highest BCUT2D eigenvalue weighted by Crippen LogP contribution is 2.39. The minimum absolute atomic E-state index is 0.00793. The van der Waals surface area contributed by atoms with Gasteiger partial charge < -0.3 is 35.4 Å². The van der Waals surface area contributed by atoms with Crippen LogP contribution in [0, 0.1) is 25.5 Å². The molecule has 0 aliphatic carbocycles. The van der Waals surface area contributed by atoms with Crippen LogP contribution in [0.15, 0.2) is 97.1 Å². The normalized spacial score (nSPS) is 14.5. The predicted octanol–water partition coefficient (Wildman–Crippen LogP) is 12.8. The summed E-state index contributed by atoms with van der Waals surface area (Å²) >= 11 is 5.79. The SMILES string of the molecule is CC(=O)c1ccc2nc(C(F)(F)F)cc(Cl)c2c1.Cc1cc([C@@H](C)N)c(F)cc1NS(C)(=O)=O.Cc1cc([C@@H](C)NC(=O)c2ccc3nc(C(F)(F)F)cc(N4CCOCC4)c3c2)c(F)cc1NS(C)(=O)=O.O=C(O)c1ccc2nc(C(F)(F)F)cc(N3CCOCC3)c2c1. The van der Waals surface area contributed by atoms with Gasteiger partial charge in [-0.2, -0.15) is 39.5 Å². The molecule has 95 heavy (non-hydrogen) atoms. The smallest absolute Gasteiger partial charge is 0.433 e. The van der Waals surface area contributed by atoms with E-state index >= 15 is 0 Å². The maximum Gasteiger partial charge on any atom is 0.433 e. The summed E-state index contributed by atoms with van der Waals surface area (Å²) in [5, 5.41) is 12.8. The van der Waals surface area contributed by atoms with E-state index in [4.69, 9.17) is 31.9 Å². The van der Waals surface area contributed by atoms with Gasteiger partial charge in [0.1, 0.15) is 28.7 Å². The van der Waals surface area contributed by atoms with Crippen molar-refractivity contribution < 1.29 is 94.1 Å². The molecule has 2 aliphatic heterocycles. The Balaban J connectivity index is 0.000000191. The predicted molar refractivity (Wildman–Crippen MR) is 336 cm³/mol. The van der Waals surface area contributed by atoms with Gasteiger partial charge in [0.2, 0.25) is 20.0 Å². The molecule has 0 saturated carbocycles. The molecule has 6 N–H and O–H groups in total. The molecule has 2 atom stereocenters. The van der Waals surface area contributed by atoms with Crippen LogP contribution in [0.3, 0.4) is 0 Å². The highest BCUT2D eigenvalue weighted by molar-refractivity contribution is 7.92. The van der Waals surface area contributed by atoms with Crippen molar-refractivity contribution in [3.8, 4) is 0 Å². The molecule has 2 aliphatic rings. The average molecular weight is 1400 g/mol. The van der Waals surface area contributed by atoms with Gasteiger partial charge in [-0.3, -0.25) is 19.0 Å². The summed E-state index contributed by atoms with van der Waals surface area (Å²) in [6.45, 7) is 11.1. The summed E-state index contributed by atoms with van der Waals surface area (Å²) in [6, 6.07) is 19.0. The van der Waals surface area contributed by atoms with Crippen LogP contribution in [0.2, 0.25) is 5.02 Å². The number of sulfonamides is 2. The summed E-state index contributed by atoms with van der Waals surface area (Å²) in [5.74, 6) is -3.12. The molecule has 5 aromatic carbocycles. The van der Waals surface area contributed by atoms with Gasteiger partial charge in [0.05, 0.1) is 83.5 Å². The number of carbonyl (C=O) groups excluding carboxylic acids is 2. The van der Waals surface area contributed by atoms with E-state index in [1.54, 1.807) is 43.6 Å². The van der Waals surface area contributed by atoms with Crippen LogP contribution in [0.5, 0.6) is 0 Å². The zero-order valence-corrected chi connectivity index (χ0v) is 53.7. The number of Topliss-reactive ketones (excluding diaryl/α,β-unsaturated/α-hetero) is 1. The Bertz CT molecular complexity index is 4460. The molecule has 8 aromatic rings. The number of carbonyl (C=O) groups is 3. The number of aromatic nitrogens is 3. The number of hydrogen-bond donors (Lipinski definition) is 5. The van der Waals surface area contributed by atoms with Gasteiger partial charge in [-0.1, -0.05) is 11.6 Å². The lowest BCUT2D eigenvalue weighted by atomic mass is 10.0. The number of nitrogens with one attached hydrogen (secondary N) is 3. The standard InChI is InChI=1S/C25H26F4N4O4S.C15H13F3N2O3.C12H7ClF3NO.C10H15FN2O2S/c1-14-10-17(19(26)12-21(14)32-38(3,35)36)15(2)30-24(34)16-4-5-20-18(11-16)22(33-6-8-37-9-7-33)13-23(31-20)25(27,28)29;16-15(17,18)13-8-12(20-3-5-23-6-4-20)10-7-9(14(21)22)1-2-11(10)19-13;1-6(18)7-2-3-10-8(4-7)9(13)5-11(17-10)12(14,15)16;1-6-4-8(7(2)12)9(11)5-10(6)13-16(3,14)15/h4-5,10-13,15,32H,6-9H2,1-3H3,(H,30,34);1-2,7-8H,3-6H2,(H,21,22);2-5H,1H3;4-5,7,13H,12H2,1-3H3/t15-;;;7-/m1..1/s1. The first-order valence-electron chi connectivity index (χ1n) is 28.3. The summed E-state index contributed by atoms with van der Waals surface area (Å²) in [6.07, 6.45) is -11.8. The zero-order valence-electron chi connectivity index (χ0n) is 51.3. The summed E-state index contributed by atoms with van der Waals surface area (Å²) in [7, 11) is -7.01. The van der Waals surface area contributed by atoms with E-state index in [1.165, 1.54) is 67.6 Å². The van der Waals surface area contributed by atoms with E-state index in [0.717, 1.165) is 42.8 Å². The van der Waals surface area contributed by atoms with E-state index in [-0.39, 0.29) is 55.4 Å².